The second-order valence-electron chi connectivity index (χ2n) is 5.18. The van der Waals surface area contributed by atoms with Gasteiger partial charge < -0.3 is 15.0 Å². The van der Waals surface area contributed by atoms with E-state index in [1.165, 1.54) is 12.1 Å². The Kier molecular flexibility index (Phi) is 4.48. The van der Waals surface area contributed by atoms with Gasteiger partial charge in [-0.1, -0.05) is 19.9 Å². The van der Waals surface area contributed by atoms with E-state index in [-0.39, 0.29) is 0 Å². The SMILES string of the molecule is CCOc1cccc(N2CCC(NC(C)C)C2)c1. The highest BCUT2D eigenvalue weighted by atomic mass is 16.5. The predicted octanol–water partition coefficient (Wildman–Crippen LogP) is 2.66. The molecular formula is C15H24N2O. The highest BCUT2D eigenvalue weighted by molar-refractivity contribution is 5.51. The second-order valence-corrected chi connectivity index (χ2v) is 5.18. The van der Waals surface area contributed by atoms with Crippen molar-refractivity contribution < 1.29 is 4.74 Å². The Bertz CT molecular complexity index is 379. The molecule has 1 fully saturated rings. The van der Waals surface area contributed by atoms with Gasteiger partial charge in [-0.25, -0.2) is 0 Å². The first-order chi connectivity index (χ1) is 8.69. The maximum Gasteiger partial charge on any atom is 0.121 e. The van der Waals surface area contributed by atoms with Gasteiger partial charge in [0.05, 0.1) is 6.61 Å². The Labute approximate surface area is 110 Å². The van der Waals surface area contributed by atoms with Crippen molar-refractivity contribution in [1.82, 2.24) is 5.32 Å². The van der Waals surface area contributed by atoms with Crippen LogP contribution in [0.5, 0.6) is 5.75 Å². The third-order valence-electron chi connectivity index (χ3n) is 3.25. The summed E-state index contributed by atoms with van der Waals surface area (Å²) in [7, 11) is 0. The number of anilines is 1. The minimum Gasteiger partial charge on any atom is -0.494 e. The van der Waals surface area contributed by atoms with Crippen LogP contribution < -0.4 is 15.0 Å². The van der Waals surface area contributed by atoms with Crippen LogP contribution in [-0.4, -0.2) is 31.8 Å². The topological polar surface area (TPSA) is 24.5 Å². The predicted molar refractivity (Wildman–Crippen MR) is 76.5 cm³/mol. The molecule has 0 aliphatic carbocycles. The minimum absolute atomic E-state index is 0.560. The van der Waals surface area contributed by atoms with Crippen LogP contribution in [0.1, 0.15) is 27.2 Å². The van der Waals surface area contributed by atoms with Crippen LogP contribution in [0, 0.1) is 0 Å². The molecule has 100 valence electrons. The molecule has 0 aromatic heterocycles. The summed E-state index contributed by atoms with van der Waals surface area (Å²) in [5.74, 6) is 0.968. The maximum atomic E-state index is 5.56. The first-order valence-corrected chi connectivity index (χ1v) is 6.93. The molecule has 1 unspecified atom stereocenters. The summed E-state index contributed by atoms with van der Waals surface area (Å²) in [6.45, 7) is 9.37. The number of hydrogen-bond donors (Lipinski definition) is 1. The largest absolute Gasteiger partial charge is 0.494 e. The van der Waals surface area contributed by atoms with Crippen LogP contribution in [0.2, 0.25) is 0 Å². The van der Waals surface area contributed by atoms with E-state index >= 15 is 0 Å². The first-order valence-electron chi connectivity index (χ1n) is 6.93. The van der Waals surface area contributed by atoms with Gasteiger partial charge in [0, 0.05) is 36.9 Å². The molecule has 2 rings (SSSR count). The number of rotatable bonds is 5. The Hall–Kier alpha value is -1.22. The van der Waals surface area contributed by atoms with Crippen molar-refractivity contribution in [3.05, 3.63) is 24.3 Å². The Morgan fingerprint density at radius 1 is 1.44 bits per heavy atom. The Balaban J connectivity index is 1.98. The molecule has 1 aliphatic rings. The Morgan fingerprint density at radius 2 is 2.28 bits per heavy atom. The minimum atomic E-state index is 0.560. The normalized spacial score (nSPS) is 19.6. The highest BCUT2D eigenvalue weighted by Crippen LogP contribution is 2.24. The zero-order valence-corrected chi connectivity index (χ0v) is 11.6. The summed E-state index contributed by atoms with van der Waals surface area (Å²) >= 11 is 0. The van der Waals surface area contributed by atoms with Gasteiger partial charge in [0.2, 0.25) is 0 Å². The summed E-state index contributed by atoms with van der Waals surface area (Å²) in [5, 5.41) is 3.61. The highest BCUT2D eigenvalue weighted by Gasteiger charge is 2.22. The van der Waals surface area contributed by atoms with Gasteiger partial charge in [-0.2, -0.15) is 0 Å². The number of ether oxygens (including phenoxy) is 1. The molecule has 1 atom stereocenters. The van der Waals surface area contributed by atoms with Crippen molar-refractivity contribution in [3.63, 3.8) is 0 Å². The van der Waals surface area contributed by atoms with Crippen LogP contribution in [0.3, 0.4) is 0 Å². The van der Waals surface area contributed by atoms with Crippen LogP contribution >= 0.6 is 0 Å². The molecule has 0 amide bonds. The van der Waals surface area contributed by atoms with Gasteiger partial charge in [0.1, 0.15) is 5.75 Å². The molecule has 1 heterocycles. The van der Waals surface area contributed by atoms with E-state index in [1.54, 1.807) is 0 Å². The van der Waals surface area contributed by atoms with Gasteiger partial charge in [0.25, 0.3) is 0 Å². The van der Waals surface area contributed by atoms with Crippen molar-refractivity contribution >= 4 is 5.69 Å². The van der Waals surface area contributed by atoms with Crippen molar-refractivity contribution in [2.24, 2.45) is 0 Å². The molecule has 1 N–H and O–H groups in total. The molecule has 3 heteroatoms. The van der Waals surface area contributed by atoms with Crippen molar-refractivity contribution in [1.29, 1.82) is 0 Å². The molecule has 1 aromatic rings. The van der Waals surface area contributed by atoms with E-state index in [2.05, 4.69) is 42.3 Å². The van der Waals surface area contributed by atoms with Crippen molar-refractivity contribution in [3.8, 4) is 5.75 Å². The number of benzene rings is 1. The lowest BCUT2D eigenvalue weighted by Crippen LogP contribution is -2.37. The average molecular weight is 248 g/mol. The fourth-order valence-electron chi connectivity index (χ4n) is 2.54. The van der Waals surface area contributed by atoms with E-state index in [4.69, 9.17) is 4.74 Å². The smallest absolute Gasteiger partial charge is 0.121 e. The summed E-state index contributed by atoms with van der Waals surface area (Å²) < 4.78 is 5.56. The molecule has 0 spiro atoms. The van der Waals surface area contributed by atoms with Crippen LogP contribution in [0.15, 0.2) is 24.3 Å². The lowest BCUT2D eigenvalue weighted by molar-refractivity contribution is 0.340. The molecule has 0 saturated carbocycles. The van der Waals surface area contributed by atoms with Crippen LogP contribution in [-0.2, 0) is 0 Å². The number of nitrogens with one attached hydrogen (secondary N) is 1. The van der Waals surface area contributed by atoms with Gasteiger partial charge in [-0.3, -0.25) is 0 Å². The van der Waals surface area contributed by atoms with Crippen molar-refractivity contribution in [2.75, 3.05) is 24.6 Å². The number of hydrogen-bond acceptors (Lipinski definition) is 3. The molecule has 1 saturated heterocycles. The standard InChI is InChI=1S/C15H24N2O/c1-4-18-15-7-5-6-14(10-15)17-9-8-13(11-17)16-12(2)3/h5-7,10,12-13,16H,4,8-9,11H2,1-3H3. The second kappa shape index (κ2) is 6.10. The molecular weight excluding hydrogens is 224 g/mol. The fraction of sp³-hybridized carbons (Fsp3) is 0.600. The Morgan fingerprint density at radius 3 is 3.00 bits per heavy atom. The lowest BCUT2D eigenvalue weighted by atomic mass is 10.2. The maximum absolute atomic E-state index is 5.56. The zero-order valence-electron chi connectivity index (χ0n) is 11.6. The summed E-state index contributed by atoms with van der Waals surface area (Å²) in [5.41, 5.74) is 1.27. The van der Waals surface area contributed by atoms with Gasteiger partial charge in [0.15, 0.2) is 0 Å². The summed E-state index contributed by atoms with van der Waals surface area (Å²) in [6, 6.07) is 9.57. The summed E-state index contributed by atoms with van der Waals surface area (Å²) in [4.78, 5) is 2.43. The molecule has 1 aliphatic heterocycles. The van der Waals surface area contributed by atoms with E-state index in [0.717, 1.165) is 25.4 Å². The first kappa shape index (κ1) is 13.2. The fourth-order valence-corrected chi connectivity index (χ4v) is 2.54. The quantitative estimate of drug-likeness (QED) is 0.867. The van der Waals surface area contributed by atoms with E-state index in [1.807, 2.05) is 13.0 Å². The molecule has 0 bridgehead atoms. The third kappa shape index (κ3) is 3.39. The van der Waals surface area contributed by atoms with Crippen LogP contribution in [0.25, 0.3) is 0 Å². The van der Waals surface area contributed by atoms with E-state index < -0.39 is 0 Å². The molecule has 18 heavy (non-hydrogen) atoms. The van der Waals surface area contributed by atoms with E-state index in [9.17, 15) is 0 Å². The van der Waals surface area contributed by atoms with Gasteiger partial charge >= 0.3 is 0 Å². The summed E-state index contributed by atoms with van der Waals surface area (Å²) in [6.07, 6.45) is 1.22. The lowest BCUT2D eigenvalue weighted by Gasteiger charge is -2.20. The number of nitrogens with zero attached hydrogens (tertiary/aromatic N) is 1. The monoisotopic (exact) mass is 248 g/mol. The average Bonchev–Trinajstić information content (AvgIpc) is 2.77. The molecule has 1 aromatic carbocycles. The molecule has 0 radical (unpaired) electrons. The van der Waals surface area contributed by atoms with Gasteiger partial charge in [-0.15, -0.1) is 0 Å². The third-order valence-corrected chi connectivity index (χ3v) is 3.25. The molecule has 3 nitrogen and oxygen atoms in total. The zero-order chi connectivity index (χ0) is 13.0. The van der Waals surface area contributed by atoms with Crippen LogP contribution in [0.4, 0.5) is 5.69 Å². The van der Waals surface area contributed by atoms with Gasteiger partial charge in [-0.05, 0) is 25.5 Å². The van der Waals surface area contributed by atoms with E-state index in [0.29, 0.717) is 12.1 Å². The van der Waals surface area contributed by atoms with Crippen molar-refractivity contribution in [2.45, 2.75) is 39.3 Å².